The van der Waals surface area contributed by atoms with Crippen LogP contribution in [0.15, 0.2) is 95.2 Å². The van der Waals surface area contributed by atoms with E-state index < -0.39 is 0 Å². The fourth-order valence-corrected chi connectivity index (χ4v) is 3.80. The van der Waals surface area contributed by atoms with Gasteiger partial charge in [0.15, 0.2) is 11.0 Å². The van der Waals surface area contributed by atoms with Crippen LogP contribution in [0.1, 0.15) is 5.56 Å². The lowest BCUT2D eigenvalue weighted by Gasteiger charge is -2.10. The van der Waals surface area contributed by atoms with Gasteiger partial charge in [0.1, 0.15) is 5.75 Å². The Morgan fingerprint density at radius 1 is 1.00 bits per heavy atom. The van der Waals surface area contributed by atoms with Crippen LogP contribution >= 0.6 is 11.8 Å². The van der Waals surface area contributed by atoms with Crippen molar-refractivity contribution in [1.29, 1.82) is 0 Å². The van der Waals surface area contributed by atoms with E-state index in [0.29, 0.717) is 16.7 Å². The summed E-state index contributed by atoms with van der Waals surface area (Å²) in [4.78, 5) is 12.4. The number of ether oxygens (including phenoxy) is 1. The highest BCUT2D eigenvalue weighted by Gasteiger charge is 2.17. The van der Waals surface area contributed by atoms with Crippen LogP contribution in [-0.2, 0) is 4.79 Å². The lowest BCUT2D eigenvalue weighted by Crippen LogP contribution is -2.20. The number of carbonyl (C=O) groups is 1. The Morgan fingerprint density at radius 2 is 1.69 bits per heavy atom. The summed E-state index contributed by atoms with van der Waals surface area (Å²) >= 11 is 1.30. The third-order valence-corrected chi connectivity index (χ3v) is 5.47. The summed E-state index contributed by atoms with van der Waals surface area (Å²) < 4.78 is 7.23. The molecule has 0 radical (unpaired) electrons. The molecular formula is C24H21N5O2S. The zero-order valence-corrected chi connectivity index (χ0v) is 18.2. The van der Waals surface area contributed by atoms with Gasteiger partial charge in [0, 0.05) is 16.8 Å². The molecular weight excluding hydrogens is 422 g/mol. The van der Waals surface area contributed by atoms with Gasteiger partial charge < -0.3 is 4.74 Å². The number of carbonyl (C=O) groups excluding carboxylic acids is 1. The van der Waals surface area contributed by atoms with Crippen molar-refractivity contribution < 1.29 is 9.53 Å². The number of para-hydroxylation sites is 2. The third kappa shape index (κ3) is 5.04. The first kappa shape index (κ1) is 21.3. The first-order chi connectivity index (χ1) is 15.8. The van der Waals surface area contributed by atoms with Crippen molar-refractivity contribution in [2.75, 3.05) is 12.9 Å². The van der Waals surface area contributed by atoms with Crippen LogP contribution in [0.25, 0.3) is 17.1 Å². The highest BCUT2D eigenvalue weighted by Crippen LogP contribution is 2.27. The molecule has 1 heterocycles. The molecule has 160 valence electrons. The SMILES string of the molecule is COc1ccccc1/C=N\NC(=O)CSc1nnc(-c2ccccc2)n1-c1ccccc1. The lowest BCUT2D eigenvalue weighted by molar-refractivity contribution is -0.118. The van der Waals surface area contributed by atoms with Crippen molar-refractivity contribution in [3.8, 4) is 22.8 Å². The van der Waals surface area contributed by atoms with Gasteiger partial charge in [0.2, 0.25) is 0 Å². The molecule has 0 fully saturated rings. The average molecular weight is 444 g/mol. The van der Waals surface area contributed by atoms with Crippen LogP contribution in [0.4, 0.5) is 0 Å². The number of methoxy groups -OCH3 is 1. The molecule has 1 amide bonds. The van der Waals surface area contributed by atoms with Crippen LogP contribution in [0.5, 0.6) is 5.75 Å². The Bertz CT molecular complexity index is 1210. The maximum absolute atomic E-state index is 12.4. The normalized spacial score (nSPS) is 10.9. The van der Waals surface area contributed by atoms with E-state index in [4.69, 9.17) is 4.74 Å². The van der Waals surface area contributed by atoms with Gasteiger partial charge in [-0.2, -0.15) is 5.10 Å². The number of nitrogens with one attached hydrogen (secondary N) is 1. The van der Waals surface area contributed by atoms with E-state index in [2.05, 4.69) is 20.7 Å². The fraction of sp³-hybridized carbons (Fsp3) is 0.0833. The van der Waals surface area contributed by atoms with E-state index in [1.165, 1.54) is 11.8 Å². The quantitative estimate of drug-likeness (QED) is 0.251. The van der Waals surface area contributed by atoms with Crippen LogP contribution in [0.2, 0.25) is 0 Å². The number of thioether (sulfide) groups is 1. The zero-order chi connectivity index (χ0) is 22.2. The smallest absolute Gasteiger partial charge is 0.250 e. The van der Waals surface area contributed by atoms with Gasteiger partial charge in [-0.1, -0.05) is 72.4 Å². The maximum Gasteiger partial charge on any atom is 0.250 e. The molecule has 32 heavy (non-hydrogen) atoms. The molecule has 0 atom stereocenters. The number of amides is 1. The summed E-state index contributed by atoms with van der Waals surface area (Å²) in [6, 6.07) is 27.1. The summed E-state index contributed by atoms with van der Waals surface area (Å²) in [6.45, 7) is 0. The van der Waals surface area contributed by atoms with E-state index in [1.807, 2.05) is 89.5 Å². The Morgan fingerprint density at radius 3 is 2.44 bits per heavy atom. The third-order valence-electron chi connectivity index (χ3n) is 4.54. The zero-order valence-electron chi connectivity index (χ0n) is 17.4. The predicted molar refractivity (Wildman–Crippen MR) is 126 cm³/mol. The lowest BCUT2D eigenvalue weighted by atomic mass is 10.2. The second-order valence-electron chi connectivity index (χ2n) is 6.67. The Labute approximate surface area is 190 Å². The van der Waals surface area contributed by atoms with Gasteiger partial charge in [-0.3, -0.25) is 9.36 Å². The minimum absolute atomic E-state index is 0.142. The van der Waals surface area contributed by atoms with Crippen molar-refractivity contribution in [3.63, 3.8) is 0 Å². The van der Waals surface area contributed by atoms with Gasteiger partial charge in [-0.05, 0) is 24.3 Å². The molecule has 4 rings (SSSR count). The molecule has 0 spiro atoms. The Kier molecular flexibility index (Phi) is 6.94. The summed E-state index contributed by atoms with van der Waals surface area (Å²) in [5.74, 6) is 1.30. The maximum atomic E-state index is 12.4. The molecule has 0 unspecified atom stereocenters. The molecule has 0 aliphatic carbocycles. The van der Waals surface area contributed by atoms with Gasteiger partial charge in [-0.25, -0.2) is 5.43 Å². The Hall–Kier alpha value is -3.91. The number of hydrazone groups is 1. The summed E-state index contributed by atoms with van der Waals surface area (Å²) in [5, 5.41) is 13.4. The van der Waals surface area contributed by atoms with E-state index >= 15 is 0 Å². The highest BCUT2D eigenvalue weighted by atomic mass is 32.2. The van der Waals surface area contributed by atoms with E-state index in [9.17, 15) is 4.79 Å². The van der Waals surface area contributed by atoms with Crippen LogP contribution in [-0.4, -0.2) is 39.7 Å². The van der Waals surface area contributed by atoms with Crippen LogP contribution in [0.3, 0.4) is 0 Å². The van der Waals surface area contributed by atoms with Gasteiger partial charge >= 0.3 is 0 Å². The molecule has 3 aromatic carbocycles. The topological polar surface area (TPSA) is 81.4 Å². The monoisotopic (exact) mass is 443 g/mol. The van der Waals surface area contributed by atoms with Crippen LogP contribution < -0.4 is 10.2 Å². The van der Waals surface area contributed by atoms with E-state index in [-0.39, 0.29) is 11.7 Å². The molecule has 0 saturated heterocycles. The molecule has 0 aliphatic heterocycles. The fourth-order valence-electron chi connectivity index (χ4n) is 3.06. The number of aromatic nitrogens is 3. The summed E-state index contributed by atoms with van der Waals surface area (Å²) in [7, 11) is 1.59. The molecule has 0 aliphatic rings. The predicted octanol–water partition coefficient (Wildman–Crippen LogP) is 4.19. The molecule has 8 heteroatoms. The van der Waals surface area contributed by atoms with Gasteiger partial charge in [0.05, 0.1) is 19.1 Å². The Balaban J connectivity index is 1.48. The number of hydrogen-bond donors (Lipinski definition) is 1. The van der Waals surface area contributed by atoms with E-state index in [0.717, 1.165) is 16.8 Å². The molecule has 4 aromatic rings. The number of nitrogens with zero attached hydrogens (tertiary/aromatic N) is 4. The largest absolute Gasteiger partial charge is 0.496 e. The average Bonchev–Trinajstić information content (AvgIpc) is 3.28. The first-order valence-corrected chi connectivity index (χ1v) is 10.9. The number of rotatable bonds is 8. The van der Waals surface area contributed by atoms with E-state index in [1.54, 1.807) is 13.3 Å². The second-order valence-corrected chi connectivity index (χ2v) is 7.61. The number of hydrogen-bond acceptors (Lipinski definition) is 6. The molecule has 7 nitrogen and oxygen atoms in total. The van der Waals surface area contributed by atoms with Crippen molar-refractivity contribution in [2.24, 2.45) is 5.10 Å². The summed E-state index contributed by atoms with van der Waals surface area (Å²) in [6.07, 6.45) is 1.56. The minimum Gasteiger partial charge on any atom is -0.496 e. The first-order valence-electron chi connectivity index (χ1n) is 9.90. The highest BCUT2D eigenvalue weighted by molar-refractivity contribution is 7.99. The molecule has 0 saturated carbocycles. The van der Waals surface area contributed by atoms with Crippen molar-refractivity contribution >= 4 is 23.9 Å². The van der Waals surface area contributed by atoms with Crippen molar-refractivity contribution in [2.45, 2.75) is 5.16 Å². The van der Waals surface area contributed by atoms with Crippen LogP contribution in [0, 0.1) is 0 Å². The van der Waals surface area contributed by atoms with Crippen molar-refractivity contribution in [1.82, 2.24) is 20.2 Å². The molecule has 1 aromatic heterocycles. The van der Waals surface area contributed by atoms with Crippen molar-refractivity contribution in [3.05, 3.63) is 90.5 Å². The summed E-state index contributed by atoms with van der Waals surface area (Å²) in [5.41, 5.74) is 5.19. The molecule has 0 bridgehead atoms. The van der Waals surface area contributed by atoms with Gasteiger partial charge in [-0.15, -0.1) is 10.2 Å². The van der Waals surface area contributed by atoms with Gasteiger partial charge in [0.25, 0.3) is 5.91 Å². The number of benzene rings is 3. The second kappa shape index (κ2) is 10.4. The minimum atomic E-state index is -0.245. The standard InChI is InChI=1S/C24H21N5O2S/c1-31-21-15-9-8-12-19(21)16-25-26-22(30)17-32-24-28-27-23(18-10-4-2-5-11-18)29(24)20-13-6-3-7-14-20/h2-16H,17H2,1H3,(H,26,30)/b25-16-. The molecule has 1 N–H and O–H groups in total.